The van der Waals surface area contributed by atoms with Gasteiger partial charge in [0.1, 0.15) is 11.4 Å². The van der Waals surface area contributed by atoms with Crippen molar-refractivity contribution in [3.63, 3.8) is 0 Å². The van der Waals surface area contributed by atoms with Gasteiger partial charge in [-0.05, 0) is 37.6 Å². The molecular formula is C24H30N2O2. The summed E-state index contributed by atoms with van der Waals surface area (Å²) in [4.78, 5) is 17.3. The van der Waals surface area contributed by atoms with Crippen LogP contribution in [0.2, 0.25) is 0 Å². The van der Waals surface area contributed by atoms with Crippen molar-refractivity contribution in [3.8, 4) is 5.75 Å². The Kier molecular flexibility index (Phi) is 5.29. The van der Waals surface area contributed by atoms with Crippen LogP contribution in [0.4, 0.5) is 5.69 Å². The number of amides is 1. The molecule has 2 aromatic carbocycles. The highest BCUT2D eigenvalue weighted by molar-refractivity contribution is 5.94. The van der Waals surface area contributed by atoms with Gasteiger partial charge in [0.15, 0.2) is 0 Å². The van der Waals surface area contributed by atoms with Gasteiger partial charge in [-0.2, -0.15) is 0 Å². The molecule has 1 saturated heterocycles. The van der Waals surface area contributed by atoms with Crippen LogP contribution in [-0.4, -0.2) is 42.6 Å². The van der Waals surface area contributed by atoms with Crippen LogP contribution in [0.3, 0.4) is 0 Å². The largest absolute Gasteiger partial charge is 0.485 e. The second-order valence-corrected chi connectivity index (χ2v) is 8.15. The molecule has 28 heavy (non-hydrogen) atoms. The number of hydrogen-bond acceptors (Lipinski definition) is 3. The highest BCUT2D eigenvalue weighted by Gasteiger charge is 2.40. The minimum absolute atomic E-state index is 0.136. The second kappa shape index (κ2) is 7.86. The quantitative estimate of drug-likeness (QED) is 0.778. The van der Waals surface area contributed by atoms with Gasteiger partial charge >= 0.3 is 0 Å². The molecule has 2 heterocycles. The van der Waals surface area contributed by atoms with E-state index in [2.05, 4.69) is 36.1 Å². The lowest BCUT2D eigenvalue weighted by Crippen LogP contribution is -2.50. The molecular weight excluding hydrogens is 348 g/mol. The number of piperidine rings is 1. The third kappa shape index (κ3) is 3.73. The summed E-state index contributed by atoms with van der Waals surface area (Å²) >= 11 is 0. The number of aryl methyl sites for hydroxylation is 1. The van der Waals surface area contributed by atoms with Crippen molar-refractivity contribution in [2.75, 3.05) is 31.1 Å². The maximum Gasteiger partial charge on any atom is 0.253 e. The molecule has 4 heteroatoms. The summed E-state index contributed by atoms with van der Waals surface area (Å²) in [5.74, 6) is 1.13. The topological polar surface area (TPSA) is 32.8 Å². The van der Waals surface area contributed by atoms with Gasteiger partial charge in [0.2, 0.25) is 0 Å². The number of carbonyl (C=O) groups is 1. The molecule has 2 aliphatic heterocycles. The van der Waals surface area contributed by atoms with E-state index < -0.39 is 0 Å². The molecule has 0 unspecified atom stereocenters. The molecule has 0 bridgehead atoms. The lowest BCUT2D eigenvalue weighted by molar-refractivity contribution is 0.00241. The summed E-state index contributed by atoms with van der Waals surface area (Å²) in [6.45, 7) is 7.83. The third-order valence-electron chi connectivity index (χ3n) is 6.12. The molecule has 148 valence electrons. The Morgan fingerprint density at radius 2 is 1.68 bits per heavy atom. The average Bonchev–Trinajstić information content (AvgIpc) is 2.86. The molecule has 2 aromatic rings. The molecule has 0 aliphatic carbocycles. The van der Waals surface area contributed by atoms with E-state index >= 15 is 0 Å². The molecule has 4 rings (SSSR count). The number of carbonyl (C=O) groups excluding carboxylic acids is 1. The first-order valence-electron chi connectivity index (χ1n) is 10.5. The maximum absolute atomic E-state index is 12.9. The molecule has 0 saturated carbocycles. The maximum atomic E-state index is 12.9. The number of benzene rings is 2. The van der Waals surface area contributed by atoms with Gasteiger partial charge in [-0.1, -0.05) is 36.8 Å². The summed E-state index contributed by atoms with van der Waals surface area (Å²) in [7, 11) is 0. The zero-order valence-corrected chi connectivity index (χ0v) is 17.0. The predicted octanol–water partition coefficient (Wildman–Crippen LogP) is 4.67. The van der Waals surface area contributed by atoms with Crippen molar-refractivity contribution in [1.29, 1.82) is 0 Å². The number of anilines is 1. The predicted molar refractivity (Wildman–Crippen MR) is 113 cm³/mol. The SMILES string of the molecule is CCCN1CCC2(CCN(C(=O)c3ccc(C)cc3)CC2)Oc2ccccc21. The monoisotopic (exact) mass is 378 g/mol. The molecule has 1 amide bonds. The van der Waals surface area contributed by atoms with Gasteiger partial charge in [0.25, 0.3) is 5.91 Å². The molecule has 0 aromatic heterocycles. The Labute approximate surface area is 168 Å². The number of rotatable bonds is 3. The van der Waals surface area contributed by atoms with E-state index in [1.165, 1.54) is 11.3 Å². The first-order chi connectivity index (χ1) is 13.6. The van der Waals surface area contributed by atoms with Crippen LogP contribution in [0.15, 0.2) is 48.5 Å². The Morgan fingerprint density at radius 3 is 2.39 bits per heavy atom. The van der Waals surface area contributed by atoms with E-state index in [4.69, 9.17) is 4.74 Å². The van der Waals surface area contributed by atoms with Crippen LogP contribution in [0, 0.1) is 6.92 Å². The molecule has 0 radical (unpaired) electrons. The van der Waals surface area contributed by atoms with Gasteiger partial charge in [-0.3, -0.25) is 4.79 Å². The Hall–Kier alpha value is -2.49. The minimum Gasteiger partial charge on any atom is -0.485 e. The standard InChI is InChI=1S/C24H30N2O2/c1-3-15-25-16-12-24(28-22-7-5-4-6-21(22)25)13-17-26(18-14-24)23(27)20-10-8-19(2)9-11-20/h4-11H,3,12-18H2,1-2H3. The number of hydrogen-bond donors (Lipinski definition) is 0. The average molecular weight is 379 g/mol. The van der Waals surface area contributed by atoms with Gasteiger partial charge in [0.05, 0.1) is 5.69 Å². The zero-order chi connectivity index (χ0) is 19.6. The molecule has 0 atom stereocenters. The smallest absolute Gasteiger partial charge is 0.253 e. The minimum atomic E-state index is -0.164. The van der Waals surface area contributed by atoms with Crippen LogP contribution in [-0.2, 0) is 0 Å². The van der Waals surface area contributed by atoms with E-state index in [-0.39, 0.29) is 11.5 Å². The Bertz CT molecular complexity index is 823. The first kappa shape index (κ1) is 18.9. The number of nitrogens with zero attached hydrogens (tertiary/aromatic N) is 2. The van der Waals surface area contributed by atoms with Crippen LogP contribution >= 0.6 is 0 Å². The van der Waals surface area contributed by atoms with Crippen LogP contribution in [0.25, 0.3) is 0 Å². The van der Waals surface area contributed by atoms with Gasteiger partial charge < -0.3 is 14.5 Å². The van der Waals surface area contributed by atoms with Crippen molar-refractivity contribution in [2.45, 2.75) is 45.1 Å². The highest BCUT2D eigenvalue weighted by Crippen LogP contribution is 2.40. The normalized spacial score (nSPS) is 18.4. The van der Waals surface area contributed by atoms with E-state index in [1.807, 2.05) is 36.1 Å². The van der Waals surface area contributed by atoms with Crippen molar-refractivity contribution >= 4 is 11.6 Å². The van der Waals surface area contributed by atoms with Gasteiger partial charge in [-0.25, -0.2) is 0 Å². The highest BCUT2D eigenvalue weighted by atomic mass is 16.5. The van der Waals surface area contributed by atoms with Crippen LogP contribution in [0.5, 0.6) is 5.75 Å². The summed E-state index contributed by atoms with van der Waals surface area (Å²) in [5.41, 5.74) is 3.00. The first-order valence-corrected chi connectivity index (χ1v) is 10.5. The summed E-state index contributed by atoms with van der Waals surface area (Å²) in [6.07, 6.45) is 3.91. The lowest BCUT2D eigenvalue weighted by Gasteiger charge is -2.41. The van der Waals surface area contributed by atoms with Crippen LogP contribution in [0.1, 0.15) is 48.5 Å². The number of para-hydroxylation sites is 2. The fraction of sp³-hybridized carbons (Fsp3) is 0.458. The number of fused-ring (bicyclic) bond motifs is 1. The Balaban J connectivity index is 1.48. The fourth-order valence-corrected chi connectivity index (χ4v) is 4.40. The molecule has 2 aliphatic rings. The number of likely N-dealkylation sites (tertiary alicyclic amines) is 1. The van der Waals surface area contributed by atoms with E-state index in [9.17, 15) is 4.79 Å². The summed E-state index contributed by atoms with van der Waals surface area (Å²) < 4.78 is 6.63. The van der Waals surface area contributed by atoms with Crippen molar-refractivity contribution in [2.24, 2.45) is 0 Å². The van der Waals surface area contributed by atoms with Gasteiger partial charge in [0, 0.05) is 51.0 Å². The van der Waals surface area contributed by atoms with E-state index in [0.717, 1.165) is 63.2 Å². The van der Waals surface area contributed by atoms with Crippen molar-refractivity contribution in [1.82, 2.24) is 4.90 Å². The summed E-state index contributed by atoms with van der Waals surface area (Å²) in [5, 5.41) is 0. The Morgan fingerprint density at radius 1 is 1.00 bits per heavy atom. The lowest BCUT2D eigenvalue weighted by atomic mass is 9.87. The van der Waals surface area contributed by atoms with Crippen molar-refractivity contribution < 1.29 is 9.53 Å². The van der Waals surface area contributed by atoms with E-state index in [0.29, 0.717) is 0 Å². The zero-order valence-electron chi connectivity index (χ0n) is 17.0. The third-order valence-corrected chi connectivity index (χ3v) is 6.12. The molecule has 4 nitrogen and oxygen atoms in total. The molecule has 1 spiro atoms. The second-order valence-electron chi connectivity index (χ2n) is 8.15. The number of ether oxygens (including phenoxy) is 1. The fourth-order valence-electron chi connectivity index (χ4n) is 4.40. The van der Waals surface area contributed by atoms with Crippen LogP contribution < -0.4 is 9.64 Å². The summed E-state index contributed by atoms with van der Waals surface area (Å²) in [6, 6.07) is 16.3. The van der Waals surface area contributed by atoms with E-state index in [1.54, 1.807) is 0 Å². The molecule has 1 fully saturated rings. The van der Waals surface area contributed by atoms with Crippen molar-refractivity contribution in [3.05, 3.63) is 59.7 Å². The molecule has 0 N–H and O–H groups in total. The van der Waals surface area contributed by atoms with Gasteiger partial charge in [-0.15, -0.1) is 0 Å².